The van der Waals surface area contributed by atoms with E-state index < -0.39 is 23.5 Å². The summed E-state index contributed by atoms with van der Waals surface area (Å²) in [6.07, 6.45) is -7.86. The molecule has 0 fully saturated rings. The number of nitrogens with two attached hydrogens (primary N) is 1. The first-order valence-corrected chi connectivity index (χ1v) is 8.03. The number of nitrogens with one attached hydrogen (secondary N) is 2. The average molecular weight is 413 g/mol. The number of alkyl halides is 6. The lowest BCUT2D eigenvalue weighted by molar-refractivity contribution is -0.138. The number of halogens is 6. The van der Waals surface area contributed by atoms with E-state index in [2.05, 4.69) is 20.6 Å². The van der Waals surface area contributed by atoms with E-state index in [-0.39, 0.29) is 28.7 Å². The number of aromatic nitrogens is 2. The summed E-state index contributed by atoms with van der Waals surface area (Å²) in [7, 11) is 0. The summed E-state index contributed by atoms with van der Waals surface area (Å²) in [5.74, 6) is 0.114. The number of nitrogen functional groups attached to an aromatic ring is 1. The van der Waals surface area contributed by atoms with Gasteiger partial charge in [-0.05, 0) is 42.5 Å². The minimum absolute atomic E-state index is 0.0233. The van der Waals surface area contributed by atoms with E-state index in [9.17, 15) is 26.3 Å². The molecule has 0 atom stereocenters. The molecule has 1 heterocycles. The Bertz CT molecular complexity index is 999. The van der Waals surface area contributed by atoms with Crippen LogP contribution in [0.5, 0.6) is 0 Å². The average Bonchev–Trinajstić information content (AvgIpc) is 2.64. The van der Waals surface area contributed by atoms with Gasteiger partial charge in [0.25, 0.3) is 0 Å². The zero-order chi connectivity index (χ0) is 21.2. The topological polar surface area (TPSA) is 75.9 Å². The lowest BCUT2D eigenvalue weighted by atomic mass is 10.2. The van der Waals surface area contributed by atoms with Crippen molar-refractivity contribution in [2.45, 2.75) is 12.4 Å². The van der Waals surface area contributed by atoms with Gasteiger partial charge in [0.1, 0.15) is 12.0 Å². The predicted octanol–water partition coefficient (Wildman–Crippen LogP) is 5.58. The summed E-state index contributed by atoms with van der Waals surface area (Å²) < 4.78 is 76.4. The monoisotopic (exact) mass is 413 g/mol. The third kappa shape index (κ3) is 4.86. The first-order valence-electron chi connectivity index (χ1n) is 8.03. The molecular formula is C18H13F6N5. The zero-order valence-electron chi connectivity index (χ0n) is 14.4. The van der Waals surface area contributed by atoms with Crippen molar-refractivity contribution in [2.24, 2.45) is 0 Å². The Labute approximate surface area is 160 Å². The molecule has 152 valence electrons. The molecule has 3 rings (SSSR count). The van der Waals surface area contributed by atoms with E-state index in [0.29, 0.717) is 0 Å². The van der Waals surface area contributed by atoms with Crippen LogP contribution in [0.2, 0.25) is 0 Å². The fourth-order valence-corrected chi connectivity index (χ4v) is 2.38. The second-order valence-electron chi connectivity index (χ2n) is 5.89. The minimum Gasteiger partial charge on any atom is -0.393 e. The third-order valence-corrected chi connectivity index (χ3v) is 3.81. The summed E-state index contributed by atoms with van der Waals surface area (Å²) in [4.78, 5) is 7.81. The molecular weight excluding hydrogens is 400 g/mol. The largest absolute Gasteiger partial charge is 0.416 e. The molecule has 0 aliphatic carbocycles. The normalized spacial score (nSPS) is 11.9. The van der Waals surface area contributed by atoms with Crippen molar-refractivity contribution in [2.75, 3.05) is 16.4 Å². The standard InChI is InChI=1S/C18H13F6N5/c19-17(20,21)10-4-6-12(7-5-10)28-15-14(25)16(27-9-26-15)29-13-3-1-2-11(8-13)18(22,23)24/h1-9H,25H2,(H2,26,27,28,29). The SMILES string of the molecule is Nc1c(Nc2ccc(C(F)(F)F)cc2)ncnc1Nc1cccc(C(F)(F)F)c1. The van der Waals surface area contributed by atoms with Crippen LogP contribution in [0, 0.1) is 0 Å². The molecule has 0 unspecified atom stereocenters. The maximum Gasteiger partial charge on any atom is 0.416 e. The van der Waals surface area contributed by atoms with E-state index >= 15 is 0 Å². The van der Waals surface area contributed by atoms with Gasteiger partial charge >= 0.3 is 12.4 Å². The van der Waals surface area contributed by atoms with Gasteiger partial charge in [0.05, 0.1) is 11.1 Å². The van der Waals surface area contributed by atoms with Gasteiger partial charge in [-0.2, -0.15) is 26.3 Å². The van der Waals surface area contributed by atoms with Crippen molar-refractivity contribution in [3.05, 3.63) is 66.0 Å². The summed E-state index contributed by atoms with van der Waals surface area (Å²) in [6, 6.07) is 8.62. The summed E-state index contributed by atoms with van der Waals surface area (Å²) in [5, 5.41) is 5.42. The van der Waals surface area contributed by atoms with Crippen molar-refractivity contribution in [1.82, 2.24) is 9.97 Å². The van der Waals surface area contributed by atoms with Crippen LogP contribution in [0.4, 0.5) is 55.0 Å². The molecule has 1 aromatic heterocycles. The Morgan fingerprint density at radius 1 is 0.690 bits per heavy atom. The molecule has 0 aliphatic rings. The molecule has 0 saturated heterocycles. The van der Waals surface area contributed by atoms with Crippen molar-refractivity contribution in [3.8, 4) is 0 Å². The third-order valence-electron chi connectivity index (χ3n) is 3.81. The van der Waals surface area contributed by atoms with E-state index in [1.807, 2.05) is 0 Å². The maximum absolute atomic E-state index is 12.8. The Balaban J connectivity index is 1.81. The molecule has 0 saturated carbocycles. The van der Waals surface area contributed by atoms with E-state index in [1.54, 1.807) is 0 Å². The Kier molecular flexibility index (Phi) is 5.23. The van der Waals surface area contributed by atoms with Crippen LogP contribution in [-0.2, 0) is 12.4 Å². The van der Waals surface area contributed by atoms with Crippen LogP contribution in [0.15, 0.2) is 54.9 Å². The molecule has 4 N–H and O–H groups in total. The second-order valence-corrected chi connectivity index (χ2v) is 5.89. The Morgan fingerprint density at radius 3 is 1.79 bits per heavy atom. The van der Waals surface area contributed by atoms with Gasteiger partial charge in [-0.25, -0.2) is 9.97 Å². The lowest BCUT2D eigenvalue weighted by Gasteiger charge is -2.14. The van der Waals surface area contributed by atoms with Crippen LogP contribution in [-0.4, -0.2) is 9.97 Å². The van der Waals surface area contributed by atoms with Crippen molar-refractivity contribution in [3.63, 3.8) is 0 Å². The Morgan fingerprint density at radius 2 is 1.24 bits per heavy atom. The number of hydrogen-bond acceptors (Lipinski definition) is 5. The highest BCUT2D eigenvalue weighted by Gasteiger charge is 2.31. The van der Waals surface area contributed by atoms with Crippen LogP contribution in [0.3, 0.4) is 0 Å². The van der Waals surface area contributed by atoms with E-state index in [1.165, 1.54) is 24.3 Å². The molecule has 11 heteroatoms. The van der Waals surface area contributed by atoms with Crippen LogP contribution in [0.25, 0.3) is 0 Å². The van der Waals surface area contributed by atoms with Gasteiger partial charge in [-0.3, -0.25) is 0 Å². The van der Waals surface area contributed by atoms with Gasteiger partial charge in [0.2, 0.25) is 0 Å². The first kappa shape index (κ1) is 20.2. The summed E-state index contributed by atoms with van der Waals surface area (Å²) in [6.45, 7) is 0. The molecule has 3 aromatic rings. The molecule has 5 nitrogen and oxygen atoms in total. The van der Waals surface area contributed by atoms with Crippen molar-refractivity contribution < 1.29 is 26.3 Å². The summed E-state index contributed by atoms with van der Waals surface area (Å²) >= 11 is 0. The van der Waals surface area contributed by atoms with Crippen molar-refractivity contribution >= 4 is 28.7 Å². The predicted molar refractivity (Wildman–Crippen MR) is 95.9 cm³/mol. The number of benzene rings is 2. The smallest absolute Gasteiger partial charge is 0.393 e. The van der Waals surface area contributed by atoms with Gasteiger partial charge in [0, 0.05) is 11.4 Å². The fourth-order valence-electron chi connectivity index (χ4n) is 2.38. The number of nitrogens with zero attached hydrogens (tertiary/aromatic N) is 2. The van der Waals surface area contributed by atoms with E-state index in [0.717, 1.165) is 30.6 Å². The first-order chi connectivity index (χ1) is 13.5. The van der Waals surface area contributed by atoms with E-state index in [4.69, 9.17) is 5.73 Å². The minimum atomic E-state index is -4.51. The maximum atomic E-state index is 12.8. The highest BCUT2D eigenvalue weighted by atomic mass is 19.4. The van der Waals surface area contributed by atoms with Gasteiger partial charge < -0.3 is 16.4 Å². The van der Waals surface area contributed by atoms with Crippen LogP contribution < -0.4 is 16.4 Å². The lowest BCUT2D eigenvalue weighted by Crippen LogP contribution is -2.08. The molecule has 0 aliphatic heterocycles. The molecule has 0 spiro atoms. The molecule has 29 heavy (non-hydrogen) atoms. The summed E-state index contributed by atoms with van der Waals surface area (Å²) in [5.41, 5.74) is 4.65. The number of anilines is 5. The molecule has 0 bridgehead atoms. The zero-order valence-corrected chi connectivity index (χ0v) is 14.4. The van der Waals surface area contributed by atoms with Crippen LogP contribution in [0.1, 0.15) is 11.1 Å². The highest BCUT2D eigenvalue weighted by molar-refractivity contribution is 5.80. The van der Waals surface area contributed by atoms with Crippen molar-refractivity contribution in [1.29, 1.82) is 0 Å². The number of rotatable bonds is 4. The Hall–Kier alpha value is -3.50. The van der Waals surface area contributed by atoms with Gasteiger partial charge in [-0.1, -0.05) is 6.07 Å². The highest BCUT2D eigenvalue weighted by Crippen LogP contribution is 2.34. The number of hydrogen-bond donors (Lipinski definition) is 3. The van der Waals surface area contributed by atoms with Gasteiger partial charge in [-0.15, -0.1) is 0 Å². The van der Waals surface area contributed by atoms with Crippen LogP contribution >= 0.6 is 0 Å². The van der Waals surface area contributed by atoms with Gasteiger partial charge in [0.15, 0.2) is 11.6 Å². The molecule has 0 radical (unpaired) electrons. The quantitative estimate of drug-likeness (QED) is 0.487. The second kappa shape index (κ2) is 7.49. The fraction of sp³-hybridized carbons (Fsp3) is 0.111. The molecule has 0 amide bonds. The molecule has 2 aromatic carbocycles.